The first-order valence-electron chi connectivity index (χ1n) is 6.24. The van der Waals surface area contributed by atoms with E-state index in [-0.39, 0.29) is 12.1 Å². The van der Waals surface area contributed by atoms with Crippen LogP contribution in [0.4, 0.5) is 4.79 Å². The van der Waals surface area contributed by atoms with Gasteiger partial charge in [0.05, 0.1) is 5.92 Å². The predicted molar refractivity (Wildman–Crippen MR) is 64.8 cm³/mol. The van der Waals surface area contributed by atoms with Crippen LogP contribution >= 0.6 is 0 Å². The van der Waals surface area contributed by atoms with Crippen molar-refractivity contribution in [3.8, 4) is 0 Å². The number of rotatable bonds is 4. The summed E-state index contributed by atoms with van der Waals surface area (Å²) >= 11 is 0. The van der Waals surface area contributed by atoms with E-state index in [4.69, 9.17) is 5.11 Å². The Hall–Kier alpha value is -1.26. The fraction of sp³-hybridized carbons (Fsp3) is 0.833. The molecule has 1 rings (SSSR count). The highest BCUT2D eigenvalue weighted by atomic mass is 16.4. The number of nitrogens with zero attached hydrogens (tertiary/aromatic N) is 1. The van der Waals surface area contributed by atoms with Crippen LogP contribution < -0.4 is 5.32 Å². The summed E-state index contributed by atoms with van der Waals surface area (Å²) in [7, 11) is 0. The van der Waals surface area contributed by atoms with Crippen LogP contribution in [-0.4, -0.2) is 41.1 Å². The van der Waals surface area contributed by atoms with E-state index in [2.05, 4.69) is 19.2 Å². The number of carboxylic acids is 1. The minimum Gasteiger partial charge on any atom is -0.481 e. The molecule has 1 saturated heterocycles. The fourth-order valence-corrected chi connectivity index (χ4v) is 2.06. The Morgan fingerprint density at radius 1 is 1.53 bits per heavy atom. The first kappa shape index (κ1) is 13.8. The quantitative estimate of drug-likeness (QED) is 0.785. The summed E-state index contributed by atoms with van der Waals surface area (Å²) in [5.41, 5.74) is 0. The third-order valence-electron chi connectivity index (χ3n) is 3.63. The maximum Gasteiger partial charge on any atom is 0.317 e. The summed E-state index contributed by atoms with van der Waals surface area (Å²) in [6, 6.07) is -0.356. The Morgan fingerprint density at radius 2 is 2.18 bits per heavy atom. The molecule has 98 valence electrons. The van der Waals surface area contributed by atoms with Gasteiger partial charge in [-0.25, -0.2) is 4.79 Å². The van der Waals surface area contributed by atoms with Crippen LogP contribution in [-0.2, 0) is 4.79 Å². The lowest BCUT2D eigenvalue weighted by atomic mass is 10.0. The minimum absolute atomic E-state index is 0.137. The number of nitrogens with one attached hydrogen (secondary N) is 1. The molecule has 0 aromatic rings. The number of hydrogen-bond acceptors (Lipinski definition) is 2. The zero-order chi connectivity index (χ0) is 13.0. The molecule has 1 aliphatic rings. The van der Waals surface area contributed by atoms with Gasteiger partial charge < -0.3 is 15.3 Å². The molecule has 0 saturated carbocycles. The van der Waals surface area contributed by atoms with Crippen molar-refractivity contribution in [2.75, 3.05) is 13.1 Å². The molecule has 1 fully saturated rings. The van der Waals surface area contributed by atoms with Crippen molar-refractivity contribution in [1.82, 2.24) is 10.2 Å². The average Bonchev–Trinajstić information content (AvgIpc) is 2.67. The van der Waals surface area contributed by atoms with Crippen LogP contribution in [0.1, 0.15) is 33.6 Å². The van der Waals surface area contributed by atoms with Gasteiger partial charge in [0.15, 0.2) is 0 Å². The molecule has 0 aromatic carbocycles. The molecule has 5 heteroatoms. The second kappa shape index (κ2) is 5.89. The molecule has 0 radical (unpaired) electrons. The number of hydrogen-bond donors (Lipinski definition) is 2. The molecule has 1 aliphatic heterocycles. The molecule has 3 unspecified atom stereocenters. The van der Waals surface area contributed by atoms with Crippen molar-refractivity contribution in [2.45, 2.75) is 39.7 Å². The lowest BCUT2D eigenvalue weighted by molar-refractivity contribution is -0.142. The van der Waals surface area contributed by atoms with E-state index in [1.807, 2.05) is 0 Å². The molecule has 3 atom stereocenters. The van der Waals surface area contributed by atoms with Gasteiger partial charge in [0.1, 0.15) is 0 Å². The van der Waals surface area contributed by atoms with Gasteiger partial charge in [-0.2, -0.15) is 0 Å². The molecule has 0 spiro atoms. The third-order valence-corrected chi connectivity index (χ3v) is 3.63. The number of likely N-dealkylation sites (tertiary alicyclic amines) is 1. The molecule has 2 amide bonds. The molecule has 1 heterocycles. The van der Waals surface area contributed by atoms with E-state index >= 15 is 0 Å². The maximum absolute atomic E-state index is 11.9. The summed E-state index contributed by atoms with van der Waals surface area (Å²) in [4.78, 5) is 24.4. The Labute approximate surface area is 102 Å². The second-order valence-electron chi connectivity index (χ2n) is 4.87. The van der Waals surface area contributed by atoms with Crippen LogP contribution in [0.2, 0.25) is 0 Å². The number of carbonyl (C=O) groups is 2. The number of urea groups is 1. The number of carbonyl (C=O) groups excluding carboxylic acids is 1. The Bertz CT molecular complexity index is 293. The highest BCUT2D eigenvalue weighted by Gasteiger charge is 2.37. The lowest BCUT2D eigenvalue weighted by Crippen LogP contribution is -2.44. The van der Waals surface area contributed by atoms with Crippen molar-refractivity contribution in [2.24, 2.45) is 11.8 Å². The molecule has 0 aromatic heterocycles. The van der Waals surface area contributed by atoms with Crippen molar-refractivity contribution in [3.05, 3.63) is 0 Å². The number of carboxylic acid groups (broad SMARTS) is 1. The maximum atomic E-state index is 11.9. The van der Waals surface area contributed by atoms with Crippen molar-refractivity contribution in [1.29, 1.82) is 0 Å². The van der Waals surface area contributed by atoms with Gasteiger partial charge in [0, 0.05) is 19.1 Å². The van der Waals surface area contributed by atoms with Gasteiger partial charge >= 0.3 is 12.0 Å². The van der Waals surface area contributed by atoms with E-state index in [0.717, 1.165) is 6.42 Å². The molecular weight excluding hydrogens is 220 g/mol. The summed E-state index contributed by atoms with van der Waals surface area (Å²) in [6.45, 7) is 7.14. The lowest BCUT2D eigenvalue weighted by Gasteiger charge is -2.24. The zero-order valence-corrected chi connectivity index (χ0v) is 10.8. The second-order valence-corrected chi connectivity index (χ2v) is 4.87. The fourth-order valence-electron chi connectivity index (χ4n) is 2.06. The van der Waals surface area contributed by atoms with Crippen LogP contribution in [0.25, 0.3) is 0 Å². The standard InChI is InChI=1S/C12H22N2O3/c1-4-8(2)7-13-12(17)14-6-5-10(9(14)3)11(15)16/h8-10H,4-7H2,1-3H3,(H,13,17)(H,15,16). The van der Waals surface area contributed by atoms with E-state index < -0.39 is 11.9 Å². The normalized spacial score (nSPS) is 25.7. The van der Waals surface area contributed by atoms with E-state index in [9.17, 15) is 9.59 Å². The first-order chi connectivity index (χ1) is 7.97. The van der Waals surface area contributed by atoms with Gasteiger partial charge in [0.2, 0.25) is 0 Å². The molecule has 0 bridgehead atoms. The number of amides is 2. The topological polar surface area (TPSA) is 69.6 Å². The summed E-state index contributed by atoms with van der Waals surface area (Å²) < 4.78 is 0. The van der Waals surface area contributed by atoms with Crippen LogP contribution in [0.3, 0.4) is 0 Å². The predicted octanol–water partition coefficient (Wildman–Crippen LogP) is 1.54. The molecular formula is C12H22N2O3. The molecule has 17 heavy (non-hydrogen) atoms. The molecule has 2 N–H and O–H groups in total. The minimum atomic E-state index is -0.810. The largest absolute Gasteiger partial charge is 0.481 e. The van der Waals surface area contributed by atoms with Crippen LogP contribution in [0.5, 0.6) is 0 Å². The molecule has 0 aliphatic carbocycles. The highest BCUT2D eigenvalue weighted by Crippen LogP contribution is 2.24. The summed E-state index contributed by atoms with van der Waals surface area (Å²) in [5, 5.41) is 11.8. The van der Waals surface area contributed by atoms with Gasteiger partial charge in [-0.3, -0.25) is 4.79 Å². The Morgan fingerprint density at radius 3 is 2.65 bits per heavy atom. The van der Waals surface area contributed by atoms with E-state index in [1.54, 1.807) is 11.8 Å². The monoisotopic (exact) mass is 242 g/mol. The van der Waals surface area contributed by atoms with Crippen molar-refractivity contribution < 1.29 is 14.7 Å². The summed E-state index contributed by atoms with van der Waals surface area (Å²) in [6.07, 6.45) is 1.57. The van der Waals surface area contributed by atoms with Crippen LogP contribution in [0.15, 0.2) is 0 Å². The Kier molecular flexibility index (Phi) is 4.78. The van der Waals surface area contributed by atoms with Crippen molar-refractivity contribution >= 4 is 12.0 Å². The Balaban J connectivity index is 2.46. The third kappa shape index (κ3) is 3.35. The smallest absolute Gasteiger partial charge is 0.317 e. The number of aliphatic carboxylic acids is 1. The zero-order valence-electron chi connectivity index (χ0n) is 10.8. The van der Waals surface area contributed by atoms with Gasteiger partial charge in [-0.05, 0) is 19.3 Å². The van der Waals surface area contributed by atoms with E-state index in [0.29, 0.717) is 25.4 Å². The van der Waals surface area contributed by atoms with Gasteiger partial charge in [-0.1, -0.05) is 20.3 Å². The first-order valence-corrected chi connectivity index (χ1v) is 6.24. The van der Waals surface area contributed by atoms with Gasteiger partial charge in [-0.15, -0.1) is 0 Å². The average molecular weight is 242 g/mol. The SMILES string of the molecule is CCC(C)CNC(=O)N1CCC(C(=O)O)C1C. The van der Waals surface area contributed by atoms with Gasteiger partial charge in [0.25, 0.3) is 0 Å². The highest BCUT2D eigenvalue weighted by molar-refractivity contribution is 5.78. The summed E-state index contributed by atoms with van der Waals surface area (Å²) in [5.74, 6) is -0.786. The van der Waals surface area contributed by atoms with Crippen molar-refractivity contribution in [3.63, 3.8) is 0 Å². The van der Waals surface area contributed by atoms with Crippen LogP contribution in [0, 0.1) is 11.8 Å². The molecule has 5 nitrogen and oxygen atoms in total. The van der Waals surface area contributed by atoms with E-state index in [1.165, 1.54) is 0 Å².